The van der Waals surface area contributed by atoms with Crippen LogP contribution < -0.4 is 9.47 Å². The molecule has 0 aliphatic carbocycles. The second-order valence-corrected chi connectivity index (χ2v) is 6.26. The number of halogens is 2. The lowest BCUT2D eigenvalue weighted by molar-refractivity contribution is 0.0784. The Kier molecular flexibility index (Phi) is 5.97. The molecule has 0 N–H and O–H groups in total. The van der Waals surface area contributed by atoms with E-state index < -0.39 is 0 Å². The number of hydrogen-bond donors (Lipinski definition) is 0. The molecule has 0 unspecified atom stereocenters. The van der Waals surface area contributed by atoms with E-state index in [-0.39, 0.29) is 5.91 Å². The number of aryl methyl sites for hydroxylation is 1. The molecule has 128 valence electrons. The molecule has 0 saturated carbocycles. The fourth-order valence-electron chi connectivity index (χ4n) is 2.46. The summed E-state index contributed by atoms with van der Waals surface area (Å²) in [5.74, 6) is 0.911. The minimum atomic E-state index is -0.190. The SMILES string of the molecule is COc1ccc(C)cc1CN(C)C(=O)c1cc(Cl)c(OC)c(Cl)c1. The number of carbonyl (C=O) groups excluding carboxylic acids is 1. The van der Waals surface area contributed by atoms with Gasteiger partial charge in [0.2, 0.25) is 0 Å². The zero-order valence-electron chi connectivity index (χ0n) is 14.0. The summed E-state index contributed by atoms with van der Waals surface area (Å²) in [6.45, 7) is 2.40. The van der Waals surface area contributed by atoms with Crippen LogP contribution in [-0.2, 0) is 6.54 Å². The summed E-state index contributed by atoms with van der Waals surface area (Å²) in [4.78, 5) is 14.3. The smallest absolute Gasteiger partial charge is 0.254 e. The highest BCUT2D eigenvalue weighted by Gasteiger charge is 2.18. The minimum Gasteiger partial charge on any atom is -0.496 e. The van der Waals surface area contributed by atoms with Crippen molar-refractivity contribution in [2.45, 2.75) is 13.5 Å². The third-order valence-corrected chi connectivity index (χ3v) is 4.20. The van der Waals surface area contributed by atoms with Crippen molar-refractivity contribution in [3.05, 3.63) is 57.1 Å². The minimum absolute atomic E-state index is 0.190. The first-order valence-corrected chi connectivity index (χ1v) is 8.05. The molecule has 0 fully saturated rings. The Hall–Kier alpha value is -1.91. The third kappa shape index (κ3) is 3.94. The van der Waals surface area contributed by atoms with Gasteiger partial charge in [0.25, 0.3) is 5.91 Å². The predicted molar refractivity (Wildman–Crippen MR) is 96.5 cm³/mol. The molecule has 2 rings (SSSR count). The average Bonchev–Trinajstić information content (AvgIpc) is 2.54. The maximum absolute atomic E-state index is 12.7. The number of ether oxygens (including phenoxy) is 2. The number of carbonyl (C=O) groups is 1. The molecule has 0 aliphatic heterocycles. The topological polar surface area (TPSA) is 38.8 Å². The van der Waals surface area contributed by atoms with Crippen molar-refractivity contribution in [2.75, 3.05) is 21.3 Å². The first-order valence-electron chi connectivity index (χ1n) is 7.29. The summed E-state index contributed by atoms with van der Waals surface area (Å²) in [6.07, 6.45) is 0. The first-order chi connectivity index (χ1) is 11.4. The van der Waals surface area contributed by atoms with Gasteiger partial charge in [-0.15, -0.1) is 0 Å². The maximum atomic E-state index is 12.7. The molecule has 24 heavy (non-hydrogen) atoms. The molecule has 1 amide bonds. The fourth-order valence-corrected chi connectivity index (χ4v) is 3.10. The van der Waals surface area contributed by atoms with E-state index in [0.717, 1.165) is 16.9 Å². The lowest BCUT2D eigenvalue weighted by Gasteiger charge is -2.20. The first kappa shape index (κ1) is 18.4. The summed E-state index contributed by atoms with van der Waals surface area (Å²) >= 11 is 12.2. The monoisotopic (exact) mass is 367 g/mol. The number of nitrogens with zero attached hydrogens (tertiary/aromatic N) is 1. The average molecular weight is 368 g/mol. The second-order valence-electron chi connectivity index (χ2n) is 5.45. The van der Waals surface area contributed by atoms with E-state index in [1.165, 1.54) is 7.11 Å². The van der Waals surface area contributed by atoms with E-state index in [2.05, 4.69) is 0 Å². The van der Waals surface area contributed by atoms with E-state index >= 15 is 0 Å². The predicted octanol–water partition coefficient (Wildman–Crippen LogP) is 4.59. The van der Waals surface area contributed by atoms with Gasteiger partial charge in [0.1, 0.15) is 5.75 Å². The zero-order valence-corrected chi connectivity index (χ0v) is 15.5. The van der Waals surface area contributed by atoms with E-state index in [1.54, 1.807) is 31.2 Å². The number of amides is 1. The van der Waals surface area contributed by atoms with Gasteiger partial charge in [0, 0.05) is 24.7 Å². The van der Waals surface area contributed by atoms with Crippen LogP contribution in [0, 0.1) is 6.92 Å². The lowest BCUT2D eigenvalue weighted by Crippen LogP contribution is -2.26. The molecular formula is C18H19Cl2NO3. The molecule has 2 aromatic carbocycles. The van der Waals surface area contributed by atoms with Crippen molar-refractivity contribution < 1.29 is 14.3 Å². The van der Waals surface area contributed by atoms with Gasteiger partial charge < -0.3 is 14.4 Å². The molecule has 0 aliphatic rings. The molecule has 0 saturated heterocycles. The number of methoxy groups -OCH3 is 2. The van der Waals surface area contributed by atoms with Gasteiger partial charge in [-0.1, -0.05) is 40.9 Å². The molecule has 6 heteroatoms. The van der Waals surface area contributed by atoms with E-state index in [4.69, 9.17) is 32.7 Å². The summed E-state index contributed by atoms with van der Waals surface area (Å²) in [5, 5.41) is 0.602. The standard InChI is InChI=1S/C18H19Cl2NO3/c1-11-5-6-16(23-3)13(7-11)10-21(2)18(22)12-8-14(19)17(24-4)15(20)9-12/h5-9H,10H2,1-4H3. The quantitative estimate of drug-likeness (QED) is 0.775. The van der Waals surface area contributed by atoms with Crippen LogP contribution in [0.2, 0.25) is 10.0 Å². The van der Waals surface area contributed by atoms with Gasteiger partial charge >= 0.3 is 0 Å². The van der Waals surface area contributed by atoms with E-state index in [0.29, 0.717) is 27.9 Å². The van der Waals surface area contributed by atoms with Gasteiger partial charge in [-0.3, -0.25) is 4.79 Å². The summed E-state index contributed by atoms with van der Waals surface area (Å²) in [6, 6.07) is 8.96. The van der Waals surface area contributed by atoms with Crippen molar-refractivity contribution in [1.29, 1.82) is 0 Å². The van der Waals surface area contributed by atoms with Crippen LogP contribution in [0.1, 0.15) is 21.5 Å². The Morgan fingerprint density at radius 2 is 1.71 bits per heavy atom. The summed E-state index contributed by atoms with van der Waals surface area (Å²) in [7, 11) is 4.81. The Morgan fingerprint density at radius 3 is 2.25 bits per heavy atom. The van der Waals surface area contributed by atoms with Crippen molar-refractivity contribution in [2.24, 2.45) is 0 Å². The molecule has 0 spiro atoms. The van der Waals surface area contributed by atoms with Crippen LogP contribution >= 0.6 is 23.2 Å². The van der Waals surface area contributed by atoms with Crippen LogP contribution in [0.25, 0.3) is 0 Å². The van der Waals surface area contributed by atoms with Gasteiger partial charge in [-0.2, -0.15) is 0 Å². The van der Waals surface area contributed by atoms with Crippen LogP contribution in [0.15, 0.2) is 30.3 Å². The molecule has 0 bridgehead atoms. The Balaban J connectivity index is 2.26. The maximum Gasteiger partial charge on any atom is 0.254 e. The summed E-state index contributed by atoms with van der Waals surface area (Å²) < 4.78 is 10.5. The van der Waals surface area contributed by atoms with Gasteiger partial charge in [0.15, 0.2) is 5.75 Å². The van der Waals surface area contributed by atoms with Crippen molar-refractivity contribution in [3.63, 3.8) is 0 Å². The van der Waals surface area contributed by atoms with Crippen molar-refractivity contribution >= 4 is 29.1 Å². The highest BCUT2D eigenvalue weighted by atomic mass is 35.5. The van der Waals surface area contributed by atoms with Gasteiger partial charge in [0.05, 0.1) is 24.3 Å². The van der Waals surface area contributed by atoms with Crippen LogP contribution in [0.4, 0.5) is 0 Å². The number of hydrogen-bond acceptors (Lipinski definition) is 3. The summed E-state index contributed by atoms with van der Waals surface area (Å²) in [5.41, 5.74) is 2.43. The van der Waals surface area contributed by atoms with Gasteiger partial charge in [-0.05, 0) is 25.1 Å². The molecular weight excluding hydrogens is 349 g/mol. The molecule has 0 heterocycles. The van der Waals surface area contributed by atoms with Crippen LogP contribution in [-0.4, -0.2) is 32.1 Å². The highest BCUT2D eigenvalue weighted by Crippen LogP contribution is 2.34. The molecule has 2 aromatic rings. The van der Waals surface area contributed by atoms with Crippen molar-refractivity contribution in [3.8, 4) is 11.5 Å². The Bertz CT molecular complexity index is 739. The Labute approximate surface area is 151 Å². The number of benzene rings is 2. The van der Waals surface area contributed by atoms with Crippen LogP contribution in [0.3, 0.4) is 0 Å². The normalized spacial score (nSPS) is 10.4. The van der Waals surface area contributed by atoms with E-state index in [1.807, 2.05) is 25.1 Å². The van der Waals surface area contributed by atoms with Gasteiger partial charge in [-0.25, -0.2) is 0 Å². The molecule has 0 aromatic heterocycles. The molecule has 4 nitrogen and oxygen atoms in total. The second kappa shape index (κ2) is 7.77. The third-order valence-electron chi connectivity index (χ3n) is 3.64. The Morgan fingerprint density at radius 1 is 1.08 bits per heavy atom. The zero-order chi connectivity index (χ0) is 17.9. The van der Waals surface area contributed by atoms with E-state index in [9.17, 15) is 4.79 Å². The largest absolute Gasteiger partial charge is 0.496 e. The lowest BCUT2D eigenvalue weighted by atomic mass is 10.1. The van der Waals surface area contributed by atoms with Crippen LogP contribution in [0.5, 0.6) is 11.5 Å². The molecule has 0 radical (unpaired) electrons. The number of rotatable bonds is 5. The highest BCUT2D eigenvalue weighted by molar-refractivity contribution is 6.37. The van der Waals surface area contributed by atoms with Crippen molar-refractivity contribution in [1.82, 2.24) is 4.90 Å². The molecule has 0 atom stereocenters. The fraction of sp³-hybridized carbons (Fsp3) is 0.278.